The Bertz CT molecular complexity index is 1120. The van der Waals surface area contributed by atoms with Gasteiger partial charge in [0.25, 0.3) is 0 Å². The molecule has 6 nitrogen and oxygen atoms in total. The van der Waals surface area contributed by atoms with Gasteiger partial charge in [0, 0.05) is 17.3 Å². The molecule has 0 heterocycles. The summed E-state index contributed by atoms with van der Waals surface area (Å²) in [4.78, 5) is 12.8. The standard InChI is InChI=1S/C24H25ClN2O4S/c1-2-31-22-12-10-21(11-13-22)26-24(28)18-27(17-16-19-6-4-3-5-7-19)32(29,30)23-14-8-20(25)9-15-23/h3-15H,2,16-18H2,1H3,(H,26,28). The Kier molecular flexibility index (Phi) is 8.27. The van der Waals surface area contributed by atoms with E-state index in [4.69, 9.17) is 16.3 Å². The zero-order valence-corrected chi connectivity index (χ0v) is 19.3. The number of ether oxygens (including phenoxy) is 1. The van der Waals surface area contributed by atoms with Gasteiger partial charge in [0.15, 0.2) is 0 Å². The molecule has 0 saturated carbocycles. The van der Waals surface area contributed by atoms with Crippen LogP contribution in [0.5, 0.6) is 5.75 Å². The number of carbonyl (C=O) groups is 1. The van der Waals surface area contributed by atoms with Gasteiger partial charge in [0.1, 0.15) is 5.75 Å². The fourth-order valence-corrected chi connectivity index (χ4v) is 4.62. The predicted octanol–water partition coefficient (Wildman–Crippen LogP) is 4.61. The quantitative estimate of drug-likeness (QED) is 0.467. The molecule has 0 atom stereocenters. The van der Waals surface area contributed by atoms with Gasteiger partial charge < -0.3 is 10.1 Å². The molecule has 1 N–H and O–H groups in total. The lowest BCUT2D eigenvalue weighted by Crippen LogP contribution is -2.39. The number of nitrogens with one attached hydrogen (secondary N) is 1. The SMILES string of the molecule is CCOc1ccc(NC(=O)CN(CCc2ccccc2)S(=O)(=O)c2ccc(Cl)cc2)cc1. The normalized spacial score (nSPS) is 11.3. The number of nitrogens with zero attached hydrogens (tertiary/aromatic N) is 1. The Morgan fingerprint density at radius 3 is 2.25 bits per heavy atom. The lowest BCUT2D eigenvalue weighted by Gasteiger charge is -2.22. The minimum absolute atomic E-state index is 0.0869. The summed E-state index contributed by atoms with van der Waals surface area (Å²) in [5.74, 6) is 0.264. The predicted molar refractivity (Wildman–Crippen MR) is 127 cm³/mol. The van der Waals surface area contributed by atoms with E-state index in [2.05, 4.69) is 5.32 Å². The molecule has 1 amide bonds. The number of amides is 1. The second-order valence-corrected chi connectivity index (χ2v) is 9.41. The van der Waals surface area contributed by atoms with Gasteiger partial charge in [-0.15, -0.1) is 0 Å². The van der Waals surface area contributed by atoms with Gasteiger partial charge in [0.2, 0.25) is 15.9 Å². The monoisotopic (exact) mass is 472 g/mol. The van der Waals surface area contributed by atoms with Crippen LogP contribution >= 0.6 is 11.6 Å². The zero-order chi connectivity index (χ0) is 23.0. The second kappa shape index (κ2) is 11.1. The van der Waals surface area contributed by atoms with Crippen LogP contribution in [0.4, 0.5) is 5.69 Å². The van der Waals surface area contributed by atoms with E-state index in [9.17, 15) is 13.2 Å². The van der Waals surface area contributed by atoms with Crippen molar-refractivity contribution in [2.75, 3.05) is 25.0 Å². The summed E-state index contributed by atoms with van der Waals surface area (Å²) >= 11 is 5.91. The molecule has 8 heteroatoms. The molecule has 3 aromatic rings. The first-order chi connectivity index (χ1) is 15.4. The van der Waals surface area contributed by atoms with E-state index in [0.717, 1.165) is 5.56 Å². The van der Waals surface area contributed by atoms with Crippen molar-refractivity contribution in [3.05, 3.63) is 89.4 Å². The first-order valence-electron chi connectivity index (χ1n) is 10.2. The topological polar surface area (TPSA) is 75.7 Å². The van der Waals surface area contributed by atoms with Gasteiger partial charge in [-0.1, -0.05) is 41.9 Å². The molecular weight excluding hydrogens is 448 g/mol. The number of benzene rings is 3. The van der Waals surface area contributed by atoms with Crippen molar-refractivity contribution >= 4 is 33.2 Å². The van der Waals surface area contributed by atoms with Crippen LogP contribution in [0.1, 0.15) is 12.5 Å². The lowest BCUT2D eigenvalue weighted by molar-refractivity contribution is -0.116. The van der Waals surface area contributed by atoms with Crippen molar-refractivity contribution in [2.24, 2.45) is 0 Å². The molecule has 0 unspecified atom stereocenters. The Morgan fingerprint density at radius 2 is 1.62 bits per heavy atom. The number of hydrogen-bond acceptors (Lipinski definition) is 4. The van der Waals surface area contributed by atoms with Gasteiger partial charge in [-0.3, -0.25) is 4.79 Å². The molecule has 0 aromatic heterocycles. The Hall–Kier alpha value is -2.87. The van der Waals surface area contributed by atoms with Crippen LogP contribution in [-0.2, 0) is 21.2 Å². The van der Waals surface area contributed by atoms with Gasteiger partial charge in [-0.25, -0.2) is 8.42 Å². The molecule has 3 aromatic carbocycles. The minimum Gasteiger partial charge on any atom is -0.494 e. The summed E-state index contributed by atoms with van der Waals surface area (Å²) in [6.07, 6.45) is 0.476. The molecule has 0 saturated heterocycles. The molecule has 0 radical (unpaired) electrons. The largest absolute Gasteiger partial charge is 0.494 e. The summed E-state index contributed by atoms with van der Waals surface area (Å²) in [7, 11) is -3.90. The Balaban J connectivity index is 1.76. The second-order valence-electron chi connectivity index (χ2n) is 7.03. The first kappa shape index (κ1) is 23.8. The highest BCUT2D eigenvalue weighted by Gasteiger charge is 2.26. The summed E-state index contributed by atoms with van der Waals surface area (Å²) in [5, 5.41) is 3.19. The van der Waals surface area contributed by atoms with Crippen molar-refractivity contribution in [2.45, 2.75) is 18.2 Å². The maximum Gasteiger partial charge on any atom is 0.243 e. The summed E-state index contributed by atoms with van der Waals surface area (Å²) in [5.41, 5.74) is 1.54. The highest BCUT2D eigenvalue weighted by atomic mass is 35.5. The average Bonchev–Trinajstić information content (AvgIpc) is 2.79. The fourth-order valence-electron chi connectivity index (χ4n) is 3.10. The smallest absolute Gasteiger partial charge is 0.243 e. The molecule has 0 aliphatic carbocycles. The Morgan fingerprint density at radius 1 is 0.969 bits per heavy atom. The fraction of sp³-hybridized carbons (Fsp3) is 0.208. The maximum atomic E-state index is 13.3. The van der Waals surface area contributed by atoms with Crippen LogP contribution in [0.25, 0.3) is 0 Å². The van der Waals surface area contributed by atoms with E-state index in [1.54, 1.807) is 24.3 Å². The first-order valence-corrected chi connectivity index (χ1v) is 12.0. The Labute approximate surface area is 193 Å². The molecule has 32 heavy (non-hydrogen) atoms. The molecule has 0 fully saturated rings. The molecule has 0 spiro atoms. The summed E-state index contributed by atoms with van der Waals surface area (Å²) in [6.45, 7) is 2.28. The number of anilines is 1. The summed E-state index contributed by atoms with van der Waals surface area (Å²) < 4.78 is 33.1. The van der Waals surface area contributed by atoms with Crippen molar-refractivity contribution in [1.29, 1.82) is 0 Å². The number of sulfonamides is 1. The maximum absolute atomic E-state index is 13.3. The van der Waals surface area contributed by atoms with Crippen LogP contribution in [0.2, 0.25) is 5.02 Å². The van der Waals surface area contributed by atoms with Crippen LogP contribution in [0.15, 0.2) is 83.8 Å². The molecule has 0 aliphatic rings. The van der Waals surface area contributed by atoms with Crippen molar-refractivity contribution in [1.82, 2.24) is 4.31 Å². The third kappa shape index (κ3) is 6.56. The van der Waals surface area contributed by atoms with Crippen LogP contribution < -0.4 is 10.1 Å². The van der Waals surface area contributed by atoms with E-state index >= 15 is 0 Å². The number of halogens is 1. The van der Waals surface area contributed by atoms with Gasteiger partial charge in [-0.2, -0.15) is 4.31 Å². The number of carbonyl (C=O) groups excluding carboxylic acids is 1. The van der Waals surface area contributed by atoms with Gasteiger partial charge >= 0.3 is 0 Å². The van der Waals surface area contributed by atoms with Crippen molar-refractivity contribution in [3.63, 3.8) is 0 Å². The van der Waals surface area contributed by atoms with E-state index in [1.165, 1.54) is 28.6 Å². The van der Waals surface area contributed by atoms with E-state index in [0.29, 0.717) is 29.5 Å². The molecule has 168 valence electrons. The summed E-state index contributed by atoms with van der Waals surface area (Å²) in [6, 6.07) is 22.4. The van der Waals surface area contributed by atoms with Crippen molar-refractivity contribution in [3.8, 4) is 5.75 Å². The molecule has 0 bridgehead atoms. The number of rotatable bonds is 10. The molecular formula is C24H25ClN2O4S. The minimum atomic E-state index is -3.90. The van der Waals surface area contributed by atoms with E-state index in [-0.39, 0.29) is 18.0 Å². The number of hydrogen-bond donors (Lipinski definition) is 1. The third-order valence-corrected chi connectivity index (χ3v) is 6.82. The van der Waals surface area contributed by atoms with E-state index in [1.807, 2.05) is 37.3 Å². The van der Waals surface area contributed by atoms with Gasteiger partial charge in [0.05, 0.1) is 18.0 Å². The highest BCUT2D eigenvalue weighted by Crippen LogP contribution is 2.20. The average molecular weight is 473 g/mol. The van der Waals surface area contributed by atoms with Crippen LogP contribution in [0.3, 0.4) is 0 Å². The van der Waals surface area contributed by atoms with Gasteiger partial charge in [-0.05, 0) is 67.4 Å². The van der Waals surface area contributed by atoms with Crippen LogP contribution in [-0.4, -0.2) is 38.3 Å². The van der Waals surface area contributed by atoms with Crippen LogP contribution in [0, 0.1) is 0 Å². The van der Waals surface area contributed by atoms with Crippen molar-refractivity contribution < 1.29 is 17.9 Å². The van der Waals surface area contributed by atoms with E-state index < -0.39 is 15.9 Å². The molecule has 0 aliphatic heterocycles. The lowest BCUT2D eigenvalue weighted by atomic mass is 10.1. The molecule has 3 rings (SSSR count). The highest BCUT2D eigenvalue weighted by molar-refractivity contribution is 7.89. The zero-order valence-electron chi connectivity index (χ0n) is 17.7. The third-order valence-electron chi connectivity index (χ3n) is 4.71.